The van der Waals surface area contributed by atoms with Gasteiger partial charge < -0.3 is 9.84 Å². The second kappa shape index (κ2) is 3.71. The van der Waals surface area contributed by atoms with E-state index in [1.807, 2.05) is 0 Å². The maximum absolute atomic E-state index is 11.1. The summed E-state index contributed by atoms with van der Waals surface area (Å²) < 4.78 is 5.12. The third-order valence-corrected chi connectivity index (χ3v) is 5.71. The molecule has 16 heavy (non-hydrogen) atoms. The van der Waals surface area contributed by atoms with Gasteiger partial charge in [-0.05, 0) is 48.9 Å². The molecule has 2 aliphatic rings. The molecule has 0 aromatic heterocycles. The summed E-state index contributed by atoms with van der Waals surface area (Å²) in [6.07, 6.45) is 5.57. The van der Waals surface area contributed by atoms with Crippen molar-refractivity contribution < 1.29 is 9.84 Å². The zero-order valence-electron chi connectivity index (χ0n) is 11.2. The Kier molecular flexibility index (Phi) is 2.87. The van der Waals surface area contributed by atoms with Crippen molar-refractivity contribution in [3.8, 4) is 0 Å². The van der Waals surface area contributed by atoms with Crippen molar-refractivity contribution in [2.75, 3.05) is 13.7 Å². The average molecular weight is 226 g/mol. The third kappa shape index (κ3) is 1.39. The molecule has 2 fully saturated rings. The number of fused-ring (bicyclic) bond motifs is 2. The SMILES string of the molecule is COCCCC1(O)C2(C)CCC(C2)C1(C)C. The zero-order valence-corrected chi connectivity index (χ0v) is 11.2. The van der Waals surface area contributed by atoms with Crippen LogP contribution in [0.3, 0.4) is 0 Å². The van der Waals surface area contributed by atoms with Crippen LogP contribution in [0.1, 0.15) is 52.9 Å². The first kappa shape index (κ1) is 12.4. The van der Waals surface area contributed by atoms with E-state index in [4.69, 9.17) is 4.74 Å². The van der Waals surface area contributed by atoms with E-state index < -0.39 is 5.60 Å². The Balaban J connectivity index is 2.17. The summed E-state index contributed by atoms with van der Waals surface area (Å²) in [6.45, 7) is 7.57. The molecule has 0 aromatic carbocycles. The molecule has 0 aromatic rings. The van der Waals surface area contributed by atoms with Gasteiger partial charge in [-0.15, -0.1) is 0 Å². The quantitative estimate of drug-likeness (QED) is 0.747. The Labute approximate surface area is 99.4 Å². The van der Waals surface area contributed by atoms with Crippen LogP contribution in [-0.2, 0) is 4.74 Å². The lowest BCUT2D eigenvalue weighted by Crippen LogP contribution is -2.54. The molecule has 2 bridgehead atoms. The van der Waals surface area contributed by atoms with Crippen LogP contribution in [0, 0.1) is 16.7 Å². The molecule has 0 saturated heterocycles. The lowest BCUT2D eigenvalue weighted by atomic mass is 9.59. The number of methoxy groups -OCH3 is 1. The summed E-state index contributed by atoms with van der Waals surface area (Å²) in [5, 5.41) is 11.1. The monoisotopic (exact) mass is 226 g/mol. The summed E-state index contributed by atoms with van der Waals surface area (Å²) in [6, 6.07) is 0. The minimum Gasteiger partial charge on any atom is -0.389 e. The summed E-state index contributed by atoms with van der Waals surface area (Å²) in [4.78, 5) is 0. The van der Waals surface area contributed by atoms with Crippen molar-refractivity contribution in [1.82, 2.24) is 0 Å². The van der Waals surface area contributed by atoms with E-state index >= 15 is 0 Å². The second-order valence-electron chi connectivity index (χ2n) is 6.68. The predicted molar refractivity (Wildman–Crippen MR) is 65.3 cm³/mol. The largest absolute Gasteiger partial charge is 0.389 e. The van der Waals surface area contributed by atoms with Crippen LogP contribution in [0.15, 0.2) is 0 Å². The van der Waals surface area contributed by atoms with Gasteiger partial charge in [-0.25, -0.2) is 0 Å². The summed E-state index contributed by atoms with van der Waals surface area (Å²) in [5.41, 5.74) is -0.260. The topological polar surface area (TPSA) is 29.5 Å². The molecule has 94 valence electrons. The van der Waals surface area contributed by atoms with Crippen molar-refractivity contribution >= 4 is 0 Å². The minimum absolute atomic E-state index is 0.0771. The van der Waals surface area contributed by atoms with E-state index in [1.165, 1.54) is 19.3 Å². The molecule has 2 rings (SSSR count). The van der Waals surface area contributed by atoms with Crippen molar-refractivity contribution in [3.63, 3.8) is 0 Å². The van der Waals surface area contributed by atoms with Gasteiger partial charge in [-0.1, -0.05) is 20.8 Å². The maximum Gasteiger partial charge on any atom is 0.0755 e. The van der Waals surface area contributed by atoms with Crippen LogP contribution in [0.2, 0.25) is 0 Å². The fraction of sp³-hybridized carbons (Fsp3) is 1.00. The van der Waals surface area contributed by atoms with E-state index in [9.17, 15) is 5.11 Å². The molecule has 1 N–H and O–H groups in total. The van der Waals surface area contributed by atoms with Crippen LogP contribution in [0.5, 0.6) is 0 Å². The first-order valence-corrected chi connectivity index (χ1v) is 6.59. The molecule has 2 heteroatoms. The standard InChI is InChI=1S/C14H26O2/c1-12(2)11-6-8-13(3,10-11)14(12,15)7-5-9-16-4/h11,15H,5-10H2,1-4H3. The van der Waals surface area contributed by atoms with Gasteiger partial charge in [-0.2, -0.15) is 0 Å². The number of aliphatic hydroxyl groups is 1. The zero-order chi connectivity index (χ0) is 12.0. The van der Waals surface area contributed by atoms with Crippen molar-refractivity contribution in [2.45, 2.75) is 58.5 Å². The molecule has 0 aliphatic heterocycles. The van der Waals surface area contributed by atoms with Crippen LogP contribution < -0.4 is 0 Å². The second-order valence-corrected chi connectivity index (χ2v) is 6.68. The Bertz CT molecular complexity index is 267. The molecular formula is C14H26O2. The summed E-state index contributed by atoms with van der Waals surface area (Å²) in [5.74, 6) is 0.713. The molecule has 0 amide bonds. The highest BCUT2D eigenvalue weighted by Crippen LogP contribution is 2.69. The van der Waals surface area contributed by atoms with E-state index in [0.717, 1.165) is 19.4 Å². The van der Waals surface area contributed by atoms with Gasteiger partial charge in [0.1, 0.15) is 0 Å². The molecule has 0 heterocycles. The van der Waals surface area contributed by atoms with Gasteiger partial charge in [0.25, 0.3) is 0 Å². The van der Waals surface area contributed by atoms with Gasteiger partial charge in [-0.3, -0.25) is 0 Å². The van der Waals surface area contributed by atoms with E-state index in [1.54, 1.807) is 7.11 Å². The minimum atomic E-state index is -0.485. The number of hydrogen-bond donors (Lipinski definition) is 1. The Morgan fingerprint density at radius 2 is 2.00 bits per heavy atom. The molecule has 2 nitrogen and oxygen atoms in total. The Morgan fingerprint density at radius 1 is 1.31 bits per heavy atom. The van der Waals surface area contributed by atoms with Gasteiger partial charge >= 0.3 is 0 Å². The number of ether oxygens (including phenoxy) is 1. The third-order valence-electron chi connectivity index (χ3n) is 5.71. The highest BCUT2D eigenvalue weighted by Gasteiger charge is 2.67. The van der Waals surface area contributed by atoms with Crippen LogP contribution in [-0.4, -0.2) is 24.4 Å². The van der Waals surface area contributed by atoms with Gasteiger partial charge in [0.05, 0.1) is 5.60 Å². The van der Waals surface area contributed by atoms with E-state index in [2.05, 4.69) is 20.8 Å². The first-order chi connectivity index (χ1) is 7.37. The lowest BCUT2D eigenvalue weighted by Gasteiger charge is -2.51. The Morgan fingerprint density at radius 3 is 2.50 bits per heavy atom. The van der Waals surface area contributed by atoms with E-state index in [0.29, 0.717) is 5.92 Å². The number of rotatable bonds is 4. The van der Waals surface area contributed by atoms with Crippen molar-refractivity contribution in [2.24, 2.45) is 16.7 Å². The molecule has 2 saturated carbocycles. The van der Waals surface area contributed by atoms with Gasteiger partial charge in [0.2, 0.25) is 0 Å². The predicted octanol–water partition coefficient (Wildman–Crippen LogP) is 2.99. The molecule has 3 atom stereocenters. The normalized spacial score (nSPS) is 45.2. The summed E-state index contributed by atoms with van der Waals surface area (Å²) >= 11 is 0. The molecule has 3 unspecified atom stereocenters. The van der Waals surface area contributed by atoms with Gasteiger partial charge in [0, 0.05) is 13.7 Å². The van der Waals surface area contributed by atoms with Gasteiger partial charge in [0.15, 0.2) is 0 Å². The van der Waals surface area contributed by atoms with Crippen molar-refractivity contribution in [3.05, 3.63) is 0 Å². The number of hydrogen-bond acceptors (Lipinski definition) is 2. The lowest BCUT2D eigenvalue weighted by molar-refractivity contribution is -0.150. The average Bonchev–Trinajstić information content (AvgIpc) is 2.67. The van der Waals surface area contributed by atoms with Crippen LogP contribution >= 0.6 is 0 Å². The van der Waals surface area contributed by atoms with Crippen LogP contribution in [0.25, 0.3) is 0 Å². The molecular weight excluding hydrogens is 200 g/mol. The highest BCUT2D eigenvalue weighted by atomic mass is 16.5. The van der Waals surface area contributed by atoms with Crippen LogP contribution in [0.4, 0.5) is 0 Å². The molecule has 0 radical (unpaired) electrons. The molecule has 0 spiro atoms. The smallest absolute Gasteiger partial charge is 0.0755 e. The summed E-state index contributed by atoms with van der Waals surface area (Å²) in [7, 11) is 1.73. The highest BCUT2D eigenvalue weighted by molar-refractivity contribution is 5.17. The molecule has 2 aliphatic carbocycles. The Hall–Kier alpha value is -0.0800. The van der Waals surface area contributed by atoms with E-state index in [-0.39, 0.29) is 10.8 Å². The maximum atomic E-state index is 11.1. The van der Waals surface area contributed by atoms with Crippen molar-refractivity contribution in [1.29, 1.82) is 0 Å². The first-order valence-electron chi connectivity index (χ1n) is 6.59. The fourth-order valence-electron chi connectivity index (χ4n) is 4.44. The fourth-order valence-corrected chi connectivity index (χ4v) is 4.44.